The van der Waals surface area contributed by atoms with Crippen LogP contribution in [0.25, 0.3) is 0 Å². The summed E-state index contributed by atoms with van der Waals surface area (Å²) in [7, 11) is 0. The predicted octanol–water partition coefficient (Wildman–Crippen LogP) is 2.58. The zero-order valence-corrected chi connectivity index (χ0v) is 16.1. The third-order valence-electron chi connectivity index (χ3n) is 5.79. The van der Waals surface area contributed by atoms with E-state index in [0.717, 1.165) is 57.4 Å². The Morgan fingerprint density at radius 2 is 1.85 bits per heavy atom. The molecule has 2 fully saturated rings. The highest BCUT2D eigenvalue weighted by atomic mass is 16.2. The Labute approximate surface area is 162 Å². The molecule has 2 aliphatic rings. The first-order valence-corrected chi connectivity index (χ1v) is 10.1. The Morgan fingerprint density at radius 1 is 1.11 bits per heavy atom. The molecule has 0 bridgehead atoms. The lowest BCUT2D eigenvalue weighted by Crippen LogP contribution is -2.51. The molecule has 1 aromatic rings. The van der Waals surface area contributed by atoms with Gasteiger partial charge in [0.2, 0.25) is 11.8 Å². The van der Waals surface area contributed by atoms with Crippen LogP contribution < -0.4 is 5.32 Å². The highest BCUT2D eigenvalue weighted by Gasteiger charge is 2.32. The average Bonchev–Trinajstić information content (AvgIpc) is 2.73. The summed E-state index contributed by atoms with van der Waals surface area (Å²) in [6.07, 6.45) is 6.14. The summed E-state index contributed by atoms with van der Waals surface area (Å²) >= 11 is 0. The molecule has 2 saturated heterocycles. The van der Waals surface area contributed by atoms with E-state index >= 15 is 0 Å². The zero-order valence-electron chi connectivity index (χ0n) is 16.1. The lowest BCUT2D eigenvalue weighted by atomic mass is 9.93. The van der Waals surface area contributed by atoms with Gasteiger partial charge in [-0.3, -0.25) is 14.5 Å². The fourth-order valence-corrected chi connectivity index (χ4v) is 4.21. The van der Waals surface area contributed by atoms with Crippen LogP contribution in [0.2, 0.25) is 0 Å². The van der Waals surface area contributed by atoms with E-state index in [4.69, 9.17) is 0 Å². The van der Waals surface area contributed by atoms with E-state index in [-0.39, 0.29) is 17.7 Å². The molecule has 2 aliphatic heterocycles. The van der Waals surface area contributed by atoms with Crippen molar-refractivity contribution in [1.29, 1.82) is 0 Å². The summed E-state index contributed by atoms with van der Waals surface area (Å²) in [5, 5.41) is 3.10. The van der Waals surface area contributed by atoms with Crippen LogP contribution in [-0.2, 0) is 16.1 Å². The predicted molar refractivity (Wildman–Crippen MR) is 107 cm³/mol. The van der Waals surface area contributed by atoms with Crippen molar-refractivity contribution in [3.8, 4) is 0 Å². The minimum absolute atomic E-state index is 0.0721. The lowest BCUT2D eigenvalue weighted by molar-refractivity contribution is -0.132. The number of hydrogen-bond acceptors (Lipinski definition) is 3. The number of carbonyl (C=O) groups excluding carboxylic acids is 2. The molecule has 0 saturated carbocycles. The van der Waals surface area contributed by atoms with Crippen molar-refractivity contribution in [3.05, 3.63) is 48.6 Å². The molecule has 146 valence electrons. The molecule has 2 amide bonds. The first kappa shape index (κ1) is 19.6. The van der Waals surface area contributed by atoms with Gasteiger partial charge in [0.05, 0.1) is 5.92 Å². The van der Waals surface area contributed by atoms with Crippen LogP contribution in [0.4, 0.5) is 0 Å². The van der Waals surface area contributed by atoms with Gasteiger partial charge in [-0.15, -0.1) is 6.58 Å². The van der Waals surface area contributed by atoms with Crippen molar-refractivity contribution in [2.45, 2.75) is 44.7 Å². The molecule has 5 nitrogen and oxygen atoms in total. The maximum atomic E-state index is 12.6. The van der Waals surface area contributed by atoms with Gasteiger partial charge in [0.15, 0.2) is 0 Å². The van der Waals surface area contributed by atoms with Gasteiger partial charge in [-0.2, -0.15) is 0 Å². The van der Waals surface area contributed by atoms with Gasteiger partial charge in [0.1, 0.15) is 0 Å². The van der Waals surface area contributed by atoms with Crippen molar-refractivity contribution in [2.24, 2.45) is 5.92 Å². The number of piperidine rings is 2. The van der Waals surface area contributed by atoms with E-state index < -0.39 is 0 Å². The highest BCUT2D eigenvalue weighted by molar-refractivity contribution is 5.79. The van der Waals surface area contributed by atoms with Crippen molar-refractivity contribution < 1.29 is 9.59 Å². The quantitative estimate of drug-likeness (QED) is 0.784. The standard InChI is InChI=1S/C22H31N3O2/c1-2-7-21(26)24-14-11-20(12-15-24)25-13-6-10-19(17-25)22(27)23-16-18-8-4-3-5-9-18/h2-5,8-9,19-20H,1,6-7,10-17H2,(H,23,27). The monoisotopic (exact) mass is 369 g/mol. The molecule has 2 heterocycles. The van der Waals surface area contributed by atoms with Crippen molar-refractivity contribution in [2.75, 3.05) is 26.2 Å². The SMILES string of the molecule is C=CCC(=O)N1CCC(N2CCCC(C(=O)NCc3ccccc3)C2)CC1. The first-order chi connectivity index (χ1) is 13.2. The smallest absolute Gasteiger partial charge is 0.226 e. The van der Waals surface area contributed by atoms with E-state index in [1.807, 2.05) is 35.2 Å². The van der Waals surface area contributed by atoms with Gasteiger partial charge < -0.3 is 10.2 Å². The minimum Gasteiger partial charge on any atom is -0.352 e. The van der Waals surface area contributed by atoms with Crippen LogP contribution >= 0.6 is 0 Å². The largest absolute Gasteiger partial charge is 0.352 e. The van der Waals surface area contributed by atoms with Gasteiger partial charge in [-0.05, 0) is 37.8 Å². The fourth-order valence-electron chi connectivity index (χ4n) is 4.21. The van der Waals surface area contributed by atoms with Gasteiger partial charge in [0, 0.05) is 38.6 Å². The second kappa shape index (κ2) is 9.70. The Bertz CT molecular complexity index is 638. The molecule has 0 spiro atoms. The normalized spacial score (nSPS) is 21.6. The highest BCUT2D eigenvalue weighted by Crippen LogP contribution is 2.24. The van der Waals surface area contributed by atoms with Crippen LogP contribution in [0.3, 0.4) is 0 Å². The van der Waals surface area contributed by atoms with Gasteiger partial charge in [-0.1, -0.05) is 36.4 Å². The second-order valence-corrected chi connectivity index (χ2v) is 7.64. The van der Waals surface area contributed by atoms with Crippen LogP contribution in [0.1, 0.15) is 37.7 Å². The molecule has 1 aromatic carbocycles. The van der Waals surface area contributed by atoms with Crippen LogP contribution in [-0.4, -0.2) is 53.8 Å². The topological polar surface area (TPSA) is 52.7 Å². The van der Waals surface area contributed by atoms with Crippen molar-refractivity contribution in [1.82, 2.24) is 15.1 Å². The number of hydrogen-bond donors (Lipinski definition) is 1. The molecular weight excluding hydrogens is 338 g/mol. The molecule has 3 rings (SSSR count). The van der Waals surface area contributed by atoms with Crippen LogP contribution in [0, 0.1) is 5.92 Å². The summed E-state index contributed by atoms with van der Waals surface area (Å²) in [6, 6.07) is 10.5. The molecule has 0 aromatic heterocycles. The maximum absolute atomic E-state index is 12.6. The Kier molecular flexibility index (Phi) is 7.04. The molecule has 1 N–H and O–H groups in total. The lowest BCUT2D eigenvalue weighted by Gasteiger charge is -2.42. The van der Waals surface area contributed by atoms with E-state index in [1.165, 1.54) is 0 Å². The third-order valence-corrected chi connectivity index (χ3v) is 5.79. The second-order valence-electron chi connectivity index (χ2n) is 7.64. The van der Waals surface area contributed by atoms with E-state index in [2.05, 4.69) is 16.8 Å². The maximum Gasteiger partial charge on any atom is 0.226 e. The summed E-state index contributed by atoms with van der Waals surface area (Å²) < 4.78 is 0. The van der Waals surface area contributed by atoms with Crippen molar-refractivity contribution in [3.63, 3.8) is 0 Å². The molecule has 0 radical (unpaired) electrons. The Morgan fingerprint density at radius 3 is 2.56 bits per heavy atom. The van der Waals surface area contributed by atoms with Gasteiger partial charge in [0.25, 0.3) is 0 Å². The third kappa shape index (κ3) is 5.42. The number of rotatable bonds is 6. The molecular formula is C22H31N3O2. The summed E-state index contributed by atoms with van der Waals surface area (Å²) in [5.74, 6) is 0.422. The minimum atomic E-state index is 0.0721. The Balaban J connectivity index is 1.46. The Hall–Kier alpha value is -2.14. The number of nitrogens with one attached hydrogen (secondary N) is 1. The number of nitrogens with zero attached hydrogens (tertiary/aromatic N) is 2. The fraction of sp³-hybridized carbons (Fsp3) is 0.545. The zero-order chi connectivity index (χ0) is 19.1. The van der Waals surface area contributed by atoms with Gasteiger partial charge in [-0.25, -0.2) is 0 Å². The van der Waals surface area contributed by atoms with E-state index in [1.54, 1.807) is 6.08 Å². The average molecular weight is 370 g/mol. The summed E-state index contributed by atoms with van der Waals surface area (Å²) in [6.45, 7) is 7.79. The molecule has 27 heavy (non-hydrogen) atoms. The molecule has 1 unspecified atom stereocenters. The van der Waals surface area contributed by atoms with Gasteiger partial charge >= 0.3 is 0 Å². The van der Waals surface area contributed by atoms with E-state index in [9.17, 15) is 9.59 Å². The molecule has 1 atom stereocenters. The number of likely N-dealkylation sites (tertiary alicyclic amines) is 2. The summed E-state index contributed by atoms with van der Waals surface area (Å²) in [5.41, 5.74) is 1.13. The van der Waals surface area contributed by atoms with E-state index in [0.29, 0.717) is 19.0 Å². The van der Waals surface area contributed by atoms with Crippen LogP contribution in [0.5, 0.6) is 0 Å². The number of benzene rings is 1. The molecule has 0 aliphatic carbocycles. The number of carbonyl (C=O) groups is 2. The summed E-state index contributed by atoms with van der Waals surface area (Å²) in [4.78, 5) is 29.0. The number of amides is 2. The van der Waals surface area contributed by atoms with Crippen LogP contribution in [0.15, 0.2) is 43.0 Å². The molecule has 5 heteroatoms. The first-order valence-electron chi connectivity index (χ1n) is 10.1. The van der Waals surface area contributed by atoms with Crippen molar-refractivity contribution >= 4 is 11.8 Å².